The van der Waals surface area contributed by atoms with Gasteiger partial charge in [-0.1, -0.05) is 81.6 Å². The average Bonchev–Trinajstić information content (AvgIpc) is 2.89. The highest BCUT2D eigenvalue weighted by Crippen LogP contribution is 2.32. The SMILES string of the molecule is CCc1cccc(CC)c1-c1cc(OC)c(CN(Cc2ccccc2)CC2CCCCC2)cn1. The molecular formula is C31H40N2O. The minimum absolute atomic E-state index is 0.791. The second-order valence-electron chi connectivity index (χ2n) is 9.70. The summed E-state index contributed by atoms with van der Waals surface area (Å²) in [5.41, 5.74) is 7.54. The Hall–Kier alpha value is -2.65. The topological polar surface area (TPSA) is 25.4 Å². The van der Waals surface area contributed by atoms with E-state index in [9.17, 15) is 0 Å². The standard InChI is InChI=1S/C31H40N2O/c1-4-26-17-12-18-27(5-2)31(26)29-19-30(34-3)28(20-32-29)23-33(21-24-13-8-6-9-14-24)22-25-15-10-7-11-16-25/h6,8-9,12-14,17-20,25H,4-5,7,10-11,15-16,21-23H2,1-3H3. The molecule has 0 radical (unpaired) electrons. The lowest BCUT2D eigenvalue weighted by Crippen LogP contribution is -2.30. The van der Waals surface area contributed by atoms with Crippen molar-refractivity contribution < 1.29 is 4.74 Å². The zero-order chi connectivity index (χ0) is 23.8. The Morgan fingerprint density at radius 2 is 1.56 bits per heavy atom. The average molecular weight is 457 g/mol. The fraction of sp³-hybridized carbons (Fsp3) is 0.452. The summed E-state index contributed by atoms with van der Waals surface area (Å²) < 4.78 is 5.93. The molecule has 0 saturated heterocycles. The summed E-state index contributed by atoms with van der Waals surface area (Å²) in [7, 11) is 1.79. The second kappa shape index (κ2) is 12.2. The molecule has 180 valence electrons. The third-order valence-electron chi connectivity index (χ3n) is 7.30. The summed E-state index contributed by atoms with van der Waals surface area (Å²) in [6.45, 7) is 7.39. The van der Waals surface area contributed by atoms with Crippen molar-refractivity contribution in [1.82, 2.24) is 9.88 Å². The van der Waals surface area contributed by atoms with E-state index in [4.69, 9.17) is 9.72 Å². The Labute approximate surface area is 206 Å². The van der Waals surface area contributed by atoms with E-state index >= 15 is 0 Å². The Morgan fingerprint density at radius 1 is 0.853 bits per heavy atom. The molecule has 4 rings (SSSR count). The molecule has 0 spiro atoms. The highest BCUT2D eigenvalue weighted by molar-refractivity contribution is 5.69. The molecule has 3 heteroatoms. The van der Waals surface area contributed by atoms with Crippen LogP contribution in [-0.2, 0) is 25.9 Å². The summed E-state index contributed by atoms with van der Waals surface area (Å²) in [6, 6.07) is 19.6. The highest BCUT2D eigenvalue weighted by Gasteiger charge is 2.20. The van der Waals surface area contributed by atoms with Crippen LogP contribution in [0.1, 0.15) is 68.2 Å². The van der Waals surface area contributed by atoms with Gasteiger partial charge < -0.3 is 4.74 Å². The molecule has 2 aromatic carbocycles. The summed E-state index contributed by atoms with van der Waals surface area (Å²) in [5, 5.41) is 0. The van der Waals surface area contributed by atoms with Crippen molar-refractivity contribution in [2.75, 3.05) is 13.7 Å². The van der Waals surface area contributed by atoms with Crippen molar-refractivity contribution in [3.63, 3.8) is 0 Å². The maximum absolute atomic E-state index is 5.93. The zero-order valence-electron chi connectivity index (χ0n) is 21.2. The lowest BCUT2D eigenvalue weighted by atomic mass is 9.88. The van der Waals surface area contributed by atoms with Crippen molar-refractivity contribution in [2.45, 2.75) is 71.9 Å². The van der Waals surface area contributed by atoms with E-state index in [0.29, 0.717) is 0 Å². The third-order valence-corrected chi connectivity index (χ3v) is 7.30. The van der Waals surface area contributed by atoms with Gasteiger partial charge in [-0.2, -0.15) is 0 Å². The van der Waals surface area contributed by atoms with Crippen LogP contribution in [-0.4, -0.2) is 23.5 Å². The molecule has 0 bridgehead atoms. The molecular weight excluding hydrogens is 416 g/mol. The van der Waals surface area contributed by atoms with Gasteiger partial charge in [0, 0.05) is 43.0 Å². The minimum atomic E-state index is 0.791. The molecule has 0 atom stereocenters. The lowest BCUT2D eigenvalue weighted by Gasteiger charge is -2.30. The van der Waals surface area contributed by atoms with E-state index in [2.05, 4.69) is 79.5 Å². The van der Waals surface area contributed by atoms with E-state index < -0.39 is 0 Å². The van der Waals surface area contributed by atoms with Crippen LogP contribution in [0, 0.1) is 5.92 Å². The quantitative estimate of drug-likeness (QED) is 0.316. The van der Waals surface area contributed by atoms with E-state index in [-0.39, 0.29) is 0 Å². The van der Waals surface area contributed by atoms with Gasteiger partial charge in [-0.3, -0.25) is 9.88 Å². The number of aryl methyl sites for hydroxylation is 2. The molecule has 1 aromatic heterocycles. The zero-order valence-corrected chi connectivity index (χ0v) is 21.2. The monoisotopic (exact) mass is 456 g/mol. The van der Waals surface area contributed by atoms with E-state index in [1.807, 2.05) is 0 Å². The first kappa shape index (κ1) is 24.5. The van der Waals surface area contributed by atoms with Crippen molar-refractivity contribution in [3.8, 4) is 17.0 Å². The molecule has 0 N–H and O–H groups in total. The summed E-state index contributed by atoms with van der Waals surface area (Å²) in [5.74, 6) is 1.74. The van der Waals surface area contributed by atoms with E-state index in [1.54, 1.807) is 7.11 Å². The van der Waals surface area contributed by atoms with Crippen molar-refractivity contribution >= 4 is 0 Å². The Morgan fingerprint density at radius 3 is 2.21 bits per heavy atom. The first-order valence-electron chi connectivity index (χ1n) is 13.1. The van der Waals surface area contributed by atoms with Crippen LogP contribution in [0.3, 0.4) is 0 Å². The van der Waals surface area contributed by atoms with Gasteiger partial charge in [-0.25, -0.2) is 0 Å². The van der Waals surface area contributed by atoms with Gasteiger partial charge in [-0.15, -0.1) is 0 Å². The predicted molar refractivity (Wildman–Crippen MR) is 142 cm³/mol. The van der Waals surface area contributed by atoms with Gasteiger partial charge >= 0.3 is 0 Å². The van der Waals surface area contributed by atoms with E-state index in [1.165, 1.54) is 59.9 Å². The van der Waals surface area contributed by atoms with Gasteiger partial charge in [0.1, 0.15) is 5.75 Å². The normalized spacial score (nSPS) is 14.5. The minimum Gasteiger partial charge on any atom is -0.496 e. The number of ether oxygens (including phenoxy) is 1. The van der Waals surface area contributed by atoms with Crippen molar-refractivity contribution in [1.29, 1.82) is 0 Å². The third kappa shape index (κ3) is 6.07. The summed E-state index contributed by atoms with van der Waals surface area (Å²) >= 11 is 0. The fourth-order valence-electron chi connectivity index (χ4n) is 5.48. The number of hydrogen-bond donors (Lipinski definition) is 0. The fourth-order valence-corrected chi connectivity index (χ4v) is 5.48. The van der Waals surface area contributed by atoms with Gasteiger partial charge in [0.2, 0.25) is 0 Å². The molecule has 0 unspecified atom stereocenters. The number of hydrogen-bond acceptors (Lipinski definition) is 3. The molecule has 0 amide bonds. The second-order valence-corrected chi connectivity index (χ2v) is 9.70. The van der Waals surface area contributed by atoms with Gasteiger partial charge in [0.25, 0.3) is 0 Å². The maximum Gasteiger partial charge on any atom is 0.127 e. The first-order valence-corrected chi connectivity index (χ1v) is 13.1. The van der Waals surface area contributed by atoms with Crippen molar-refractivity contribution in [2.24, 2.45) is 5.92 Å². The van der Waals surface area contributed by atoms with Crippen LogP contribution in [0.4, 0.5) is 0 Å². The smallest absolute Gasteiger partial charge is 0.127 e. The van der Waals surface area contributed by atoms with Gasteiger partial charge in [0.05, 0.1) is 12.8 Å². The molecule has 1 aliphatic rings. The molecule has 1 saturated carbocycles. The Kier molecular flexibility index (Phi) is 8.76. The molecule has 3 aromatic rings. The van der Waals surface area contributed by atoms with Crippen LogP contribution in [0.15, 0.2) is 60.8 Å². The molecule has 1 aliphatic carbocycles. The summed E-state index contributed by atoms with van der Waals surface area (Å²) in [4.78, 5) is 7.57. The lowest BCUT2D eigenvalue weighted by molar-refractivity contribution is 0.185. The first-order chi connectivity index (χ1) is 16.7. The number of aromatic nitrogens is 1. The van der Waals surface area contributed by atoms with Gasteiger partial charge in [-0.05, 0) is 48.3 Å². The van der Waals surface area contributed by atoms with Crippen LogP contribution in [0.2, 0.25) is 0 Å². The Balaban J connectivity index is 1.61. The maximum atomic E-state index is 5.93. The van der Waals surface area contributed by atoms with E-state index in [0.717, 1.165) is 49.8 Å². The molecule has 34 heavy (non-hydrogen) atoms. The largest absolute Gasteiger partial charge is 0.496 e. The number of benzene rings is 2. The predicted octanol–water partition coefficient (Wildman–Crippen LogP) is 7.46. The number of nitrogens with zero attached hydrogens (tertiary/aromatic N) is 2. The van der Waals surface area contributed by atoms with Crippen LogP contribution < -0.4 is 4.74 Å². The molecule has 0 aliphatic heterocycles. The van der Waals surface area contributed by atoms with Crippen LogP contribution in [0.5, 0.6) is 5.75 Å². The number of rotatable bonds is 10. The Bertz CT molecular complexity index is 1020. The number of methoxy groups -OCH3 is 1. The molecule has 1 heterocycles. The van der Waals surface area contributed by atoms with Crippen LogP contribution in [0.25, 0.3) is 11.3 Å². The van der Waals surface area contributed by atoms with Crippen molar-refractivity contribution in [3.05, 3.63) is 83.0 Å². The number of pyridine rings is 1. The highest BCUT2D eigenvalue weighted by atomic mass is 16.5. The van der Waals surface area contributed by atoms with Gasteiger partial charge in [0.15, 0.2) is 0 Å². The van der Waals surface area contributed by atoms with Crippen LogP contribution >= 0.6 is 0 Å². The molecule has 3 nitrogen and oxygen atoms in total. The summed E-state index contributed by atoms with van der Waals surface area (Å²) in [6.07, 6.45) is 10.9. The molecule has 1 fully saturated rings.